The lowest BCUT2D eigenvalue weighted by atomic mass is 10.1. The SMILES string of the molecule is Cc1nc(-c2ccccc2)sc1C(=O)CSc1nc(-c2ccc(Cl)c(Cl)c2)c(C#N)c(=O)[nH]1. The average Bonchev–Trinajstić information content (AvgIpc) is 3.21. The van der Waals surface area contributed by atoms with Crippen LogP contribution in [0, 0.1) is 18.3 Å². The summed E-state index contributed by atoms with van der Waals surface area (Å²) in [7, 11) is 0. The third-order valence-electron chi connectivity index (χ3n) is 4.61. The maximum atomic E-state index is 12.9. The van der Waals surface area contributed by atoms with Crippen LogP contribution in [0.25, 0.3) is 21.8 Å². The minimum Gasteiger partial charge on any atom is -0.300 e. The molecule has 0 aliphatic heterocycles. The fourth-order valence-electron chi connectivity index (χ4n) is 3.04. The first-order chi connectivity index (χ1) is 15.9. The van der Waals surface area contributed by atoms with Crippen LogP contribution in [-0.4, -0.2) is 26.5 Å². The van der Waals surface area contributed by atoms with Gasteiger partial charge in [0.2, 0.25) is 0 Å². The number of nitrogens with one attached hydrogen (secondary N) is 1. The van der Waals surface area contributed by atoms with E-state index in [0.29, 0.717) is 21.2 Å². The Balaban J connectivity index is 1.59. The molecule has 10 heteroatoms. The highest BCUT2D eigenvalue weighted by molar-refractivity contribution is 7.99. The molecule has 2 heterocycles. The second-order valence-electron chi connectivity index (χ2n) is 6.85. The number of H-pyrrole nitrogens is 1. The van der Waals surface area contributed by atoms with Crippen molar-refractivity contribution >= 4 is 52.1 Å². The van der Waals surface area contributed by atoms with Gasteiger partial charge in [-0.05, 0) is 19.1 Å². The summed E-state index contributed by atoms with van der Waals surface area (Å²) >= 11 is 14.5. The number of carbonyl (C=O) groups excluding carboxylic acids is 1. The molecule has 4 aromatic rings. The molecule has 33 heavy (non-hydrogen) atoms. The van der Waals surface area contributed by atoms with Crippen LogP contribution >= 0.6 is 46.3 Å². The molecule has 2 aromatic carbocycles. The number of ketones is 1. The largest absolute Gasteiger partial charge is 0.300 e. The van der Waals surface area contributed by atoms with Crippen LogP contribution in [0.1, 0.15) is 20.9 Å². The molecule has 0 saturated heterocycles. The van der Waals surface area contributed by atoms with Gasteiger partial charge < -0.3 is 4.98 Å². The number of hydrogen-bond donors (Lipinski definition) is 1. The summed E-state index contributed by atoms with van der Waals surface area (Å²) in [5, 5.41) is 11.0. The van der Waals surface area contributed by atoms with Crippen LogP contribution < -0.4 is 5.56 Å². The van der Waals surface area contributed by atoms with Gasteiger partial charge in [-0.15, -0.1) is 11.3 Å². The van der Waals surface area contributed by atoms with Gasteiger partial charge >= 0.3 is 0 Å². The number of nitriles is 1. The highest BCUT2D eigenvalue weighted by atomic mass is 35.5. The van der Waals surface area contributed by atoms with Crippen molar-refractivity contribution in [3.63, 3.8) is 0 Å². The standard InChI is InChI=1S/C23H14Cl2N4O2S2/c1-12-20(33-22(27-12)13-5-3-2-4-6-13)18(30)11-32-23-28-19(15(10-26)21(31)29-23)14-7-8-16(24)17(25)9-14/h2-9H,11H2,1H3,(H,28,29,31). The van der Waals surface area contributed by atoms with E-state index in [1.165, 1.54) is 17.4 Å². The van der Waals surface area contributed by atoms with Gasteiger partial charge in [-0.2, -0.15) is 5.26 Å². The molecule has 6 nitrogen and oxygen atoms in total. The predicted octanol–water partition coefficient (Wildman–Crippen LogP) is 6.02. The van der Waals surface area contributed by atoms with Crippen LogP contribution in [0.3, 0.4) is 0 Å². The van der Waals surface area contributed by atoms with Gasteiger partial charge in [0.1, 0.15) is 16.6 Å². The molecule has 2 aromatic heterocycles. The third-order valence-corrected chi connectivity index (χ3v) is 7.47. The maximum Gasteiger partial charge on any atom is 0.270 e. The lowest BCUT2D eigenvalue weighted by molar-refractivity contribution is 0.102. The summed E-state index contributed by atoms with van der Waals surface area (Å²) in [6.07, 6.45) is 0. The van der Waals surface area contributed by atoms with Crippen LogP contribution in [0.5, 0.6) is 0 Å². The first-order valence-electron chi connectivity index (χ1n) is 9.56. The molecule has 0 unspecified atom stereocenters. The van der Waals surface area contributed by atoms with E-state index in [-0.39, 0.29) is 33.0 Å². The number of aromatic amines is 1. The number of Topliss-reactive ketones (excluding diaryl/α,β-unsaturated/α-hetero) is 1. The Hall–Kier alpha value is -2.96. The molecule has 0 radical (unpaired) electrons. The molecule has 0 amide bonds. The van der Waals surface area contributed by atoms with Crippen molar-refractivity contribution in [3.05, 3.63) is 85.1 Å². The van der Waals surface area contributed by atoms with Crippen LogP contribution in [0.2, 0.25) is 10.0 Å². The van der Waals surface area contributed by atoms with Gasteiger partial charge in [0.25, 0.3) is 5.56 Å². The molecule has 0 spiro atoms. The van der Waals surface area contributed by atoms with Gasteiger partial charge in [-0.3, -0.25) is 9.59 Å². The summed E-state index contributed by atoms with van der Waals surface area (Å²) in [6, 6.07) is 16.2. The van der Waals surface area contributed by atoms with E-state index >= 15 is 0 Å². The number of aromatic nitrogens is 3. The molecule has 0 aliphatic carbocycles. The number of rotatable bonds is 6. The molecule has 0 fully saturated rings. The van der Waals surface area contributed by atoms with Crippen molar-refractivity contribution in [3.8, 4) is 27.9 Å². The third kappa shape index (κ3) is 5.02. The van der Waals surface area contributed by atoms with Crippen molar-refractivity contribution in [2.75, 3.05) is 5.75 Å². The fourth-order valence-corrected chi connectivity index (χ4v) is 5.17. The number of thioether (sulfide) groups is 1. The minimum atomic E-state index is -0.594. The second-order valence-corrected chi connectivity index (χ2v) is 9.62. The lowest BCUT2D eigenvalue weighted by Crippen LogP contribution is -2.15. The van der Waals surface area contributed by atoms with Crippen LogP contribution in [-0.2, 0) is 0 Å². The summed E-state index contributed by atoms with van der Waals surface area (Å²) in [5.41, 5.74) is 1.52. The average molecular weight is 513 g/mol. The molecule has 0 bridgehead atoms. The molecule has 4 rings (SSSR count). The monoisotopic (exact) mass is 512 g/mol. The summed E-state index contributed by atoms with van der Waals surface area (Å²) in [6.45, 7) is 1.80. The van der Waals surface area contributed by atoms with Gasteiger partial charge in [-0.1, -0.05) is 71.4 Å². The first-order valence-corrected chi connectivity index (χ1v) is 12.1. The number of thiazole rings is 1. The van der Waals surface area contributed by atoms with Crippen molar-refractivity contribution in [1.82, 2.24) is 15.0 Å². The van der Waals surface area contributed by atoms with E-state index in [1.54, 1.807) is 19.1 Å². The highest BCUT2D eigenvalue weighted by Gasteiger charge is 2.19. The van der Waals surface area contributed by atoms with E-state index < -0.39 is 5.56 Å². The fraction of sp³-hybridized carbons (Fsp3) is 0.0870. The number of aryl methyl sites for hydroxylation is 1. The van der Waals surface area contributed by atoms with Crippen LogP contribution in [0.15, 0.2) is 58.5 Å². The van der Waals surface area contributed by atoms with Gasteiger partial charge in [0.15, 0.2) is 10.9 Å². The number of hydrogen-bond acceptors (Lipinski definition) is 7. The molecule has 0 aliphatic rings. The minimum absolute atomic E-state index is 0.0485. The topological polar surface area (TPSA) is 99.5 Å². The summed E-state index contributed by atoms with van der Waals surface area (Å²) < 4.78 is 0. The van der Waals surface area contributed by atoms with Crippen molar-refractivity contribution in [1.29, 1.82) is 5.26 Å². The smallest absolute Gasteiger partial charge is 0.270 e. The molecule has 0 saturated carbocycles. The Morgan fingerprint density at radius 2 is 1.88 bits per heavy atom. The number of benzene rings is 2. The van der Waals surface area contributed by atoms with E-state index in [2.05, 4.69) is 15.0 Å². The zero-order chi connectivity index (χ0) is 23.5. The molecule has 164 valence electrons. The zero-order valence-corrected chi connectivity index (χ0v) is 20.2. The van der Waals surface area contributed by atoms with Crippen molar-refractivity contribution in [2.45, 2.75) is 12.1 Å². The Labute approximate surface area is 207 Å². The summed E-state index contributed by atoms with van der Waals surface area (Å²) in [5.74, 6) is -0.0762. The van der Waals surface area contributed by atoms with Gasteiger partial charge in [-0.25, -0.2) is 9.97 Å². The quantitative estimate of drug-likeness (QED) is 0.192. The first kappa shape index (κ1) is 23.2. The molecule has 1 N–H and O–H groups in total. The Morgan fingerprint density at radius 3 is 2.58 bits per heavy atom. The highest BCUT2D eigenvalue weighted by Crippen LogP contribution is 2.31. The molecular formula is C23H14Cl2N4O2S2. The number of nitrogens with zero attached hydrogens (tertiary/aromatic N) is 3. The molecular weight excluding hydrogens is 499 g/mol. The van der Waals surface area contributed by atoms with Crippen molar-refractivity contribution < 1.29 is 4.79 Å². The van der Waals surface area contributed by atoms with Gasteiger partial charge in [0, 0.05) is 11.1 Å². The molecule has 0 atom stereocenters. The van der Waals surface area contributed by atoms with Gasteiger partial charge in [0.05, 0.1) is 32.1 Å². The Morgan fingerprint density at radius 1 is 1.12 bits per heavy atom. The van der Waals surface area contributed by atoms with E-state index in [1.807, 2.05) is 36.4 Å². The summed E-state index contributed by atoms with van der Waals surface area (Å²) in [4.78, 5) is 37.4. The predicted molar refractivity (Wildman–Crippen MR) is 132 cm³/mol. The van der Waals surface area contributed by atoms with E-state index in [4.69, 9.17) is 23.2 Å². The Kier molecular flexibility index (Phi) is 6.96. The number of carbonyl (C=O) groups is 1. The Bertz CT molecular complexity index is 1460. The lowest BCUT2D eigenvalue weighted by Gasteiger charge is -2.07. The maximum absolute atomic E-state index is 12.9. The van der Waals surface area contributed by atoms with E-state index in [9.17, 15) is 14.9 Å². The van der Waals surface area contributed by atoms with Crippen molar-refractivity contribution in [2.24, 2.45) is 0 Å². The van der Waals surface area contributed by atoms with Crippen LogP contribution in [0.4, 0.5) is 0 Å². The normalized spacial score (nSPS) is 10.7. The number of halogens is 2. The zero-order valence-electron chi connectivity index (χ0n) is 17.1. The second kappa shape index (κ2) is 9.89. The van der Waals surface area contributed by atoms with E-state index in [0.717, 1.165) is 22.3 Å².